The van der Waals surface area contributed by atoms with Gasteiger partial charge in [0.25, 0.3) is 0 Å². The maximum Gasteiger partial charge on any atom is 0.472 e. The van der Waals surface area contributed by atoms with Gasteiger partial charge in [0, 0.05) is 19.4 Å². The first-order valence-electron chi connectivity index (χ1n) is 23.8. The molecule has 0 heterocycles. The van der Waals surface area contributed by atoms with Gasteiger partial charge in [0.1, 0.15) is 6.61 Å². The van der Waals surface area contributed by atoms with Crippen LogP contribution in [0, 0.1) is 0 Å². The molecular formula is C49H88NO8P. The van der Waals surface area contributed by atoms with Crippen molar-refractivity contribution in [1.29, 1.82) is 0 Å². The van der Waals surface area contributed by atoms with E-state index in [4.69, 9.17) is 24.3 Å². The van der Waals surface area contributed by atoms with Crippen molar-refractivity contribution < 1.29 is 37.6 Å². The summed E-state index contributed by atoms with van der Waals surface area (Å²) in [4.78, 5) is 35.0. The molecule has 0 rings (SSSR count). The Morgan fingerprint density at radius 2 is 0.881 bits per heavy atom. The van der Waals surface area contributed by atoms with Crippen molar-refractivity contribution >= 4 is 19.8 Å². The van der Waals surface area contributed by atoms with Crippen molar-refractivity contribution in [3.63, 3.8) is 0 Å². The summed E-state index contributed by atoms with van der Waals surface area (Å²) in [6.07, 6.45) is 53.9. The Hall–Kier alpha value is -2.29. The Morgan fingerprint density at radius 1 is 0.508 bits per heavy atom. The zero-order chi connectivity index (χ0) is 43.2. The van der Waals surface area contributed by atoms with Gasteiger partial charge in [0.2, 0.25) is 0 Å². The lowest BCUT2D eigenvalue weighted by Crippen LogP contribution is -2.29. The molecule has 2 unspecified atom stereocenters. The summed E-state index contributed by atoms with van der Waals surface area (Å²) in [5.74, 6) is -0.853. The van der Waals surface area contributed by atoms with Crippen LogP contribution in [-0.4, -0.2) is 49.3 Å². The lowest BCUT2D eigenvalue weighted by Gasteiger charge is -2.19. The molecule has 2 atom stereocenters. The van der Waals surface area contributed by atoms with E-state index in [2.05, 4.69) is 74.6 Å². The average molecular weight is 850 g/mol. The molecule has 59 heavy (non-hydrogen) atoms. The molecule has 9 nitrogen and oxygen atoms in total. The molecule has 342 valence electrons. The first-order valence-corrected chi connectivity index (χ1v) is 25.3. The Labute approximate surface area is 361 Å². The van der Waals surface area contributed by atoms with Gasteiger partial charge in [-0.05, 0) is 83.5 Å². The van der Waals surface area contributed by atoms with E-state index in [0.717, 1.165) is 89.9 Å². The molecule has 0 aliphatic rings. The van der Waals surface area contributed by atoms with Gasteiger partial charge in [-0.1, -0.05) is 171 Å². The van der Waals surface area contributed by atoms with E-state index in [-0.39, 0.29) is 32.6 Å². The summed E-state index contributed by atoms with van der Waals surface area (Å²) < 4.78 is 32.8. The van der Waals surface area contributed by atoms with E-state index in [9.17, 15) is 19.0 Å². The Bertz CT molecular complexity index is 1150. The molecule has 0 aromatic carbocycles. The van der Waals surface area contributed by atoms with Gasteiger partial charge >= 0.3 is 19.8 Å². The number of phosphoric ester groups is 1. The second kappa shape index (κ2) is 45.2. The highest BCUT2D eigenvalue weighted by atomic mass is 31.2. The molecule has 10 heteroatoms. The van der Waals surface area contributed by atoms with E-state index in [0.29, 0.717) is 6.42 Å². The monoisotopic (exact) mass is 850 g/mol. The van der Waals surface area contributed by atoms with Gasteiger partial charge in [-0.2, -0.15) is 0 Å². The summed E-state index contributed by atoms with van der Waals surface area (Å²) in [7, 11) is -4.39. The number of unbranched alkanes of at least 4 members (excludes halogenated alkanes) is 21. The van der Waals surface area contributed by atoms with Gasteiger partial charge < -0.3 is 20.1 Å². The van der Waals surface area contributed by atoms with Crippen LogP contribution in [0.2, 0.25) is 0 Å². The molecule has 0 saturated heterocycles. The van der Waals surface area contributed by atoms with Crippen LogP contribution in [0.3, 0.4) is 0 Å². The average Bonchev–Trinajstić information content (AvgIpc) is 3.22. The quantitative estimate of drug-likeness (QED) is 0.0266. The Morgan fingerprint density at radius 3 is 1.34 bits per heavy atom. The van der Waals surface area contributed by atoms with Crippen molar-refractivity contribution in [2.24, 2.45) is 5.73 Å². The smallest absolute Gasteiger partial charge is 0.462 e. The molecule has 0 radical (unpaired) electrons. The maximum atomic E-state index is 12.6. The molecule has 0 saturated carbocycles. The van der Waals surface area contributed by atoms with Crippen molar-refractivity contribution in [3.05, 3.63) is 60.8 Å². The minimum absolute atomic E-state index is 0.0474. The number of allylic oxidation sites excluding steroid dienone is 10. The number of rotatable bonds is 44. The normalized spacial score (nSPS) is 13.8. The van der Waals surface area contributed by atoms with E-state index in [1.54, 1.807) is 0 Å². The minimum atomic E-state index is -4.39. The molecule has 0 aromatic rings. The molecule has 0 spiro atoms. The fourth-order valence-corrected chi connectivity index (χ4v) is 7.08. The van der Waals surface area contributed by atoms with Crippen molar-refractivity contribution in [1.82, 2.24) is 0 Å². The van der Waals surface area contributed by atoms with Crippen LogP contribution in [0.15, 0.2) is 60.8 Å². The third-order valence-electron chi connectivity index (χ3n) is 9.88. The Kier molecular flexibility index (Phi) is 43.5. The van der Waals surface area contributed by atoms with Gasteiger partial charge in [-0.3, -0.25) is 18.6 Å². The van der Waals surface area contributed by atoms with Crippen LogP contribution < -0.4 is 5.73 Å². The fraction of sp³-hybridized carbons (Fsp3) is 0.755. The van der Waals surface area contributed by atoms with E-state index >= 15 is 0 Å². The molecular weight excluding hydrogens is 762 g/mol. The van der Waals surface area contributed by atoms with Gasteiger partial charge in [0.15, 0.2) is 6.10 Å². The number of hydrogen-bond donors (Lipinski definition) is 2. The summed E-state index contributed by atoms with van der Waals surface area (Å²) in [6, 6.07) is 0. The molecule has 0 bridgehead atoms. The number of carbonyl (C=O) groups is 2. The molecule has 0 aliphatic carbocycles. The molecule has 0 aliphatic heterocycles. The van der Waals surface area contributed by atoms with Gasteiger partial charge in [0.05, 0.1) is 13.2 Å². The van der Waals surface area contributed by atoms with Gasteiger partial charge in [-0.15, -0.1) is 0 Å². The second-order valence-corrected chi connectivity index (χ2v) is 17.1. The second-order valence-electron chi connectivity index (χ2n) is 15.6. The highest BCUT2D eigenvalue weighted by molar-refractivity contribution is 7.47. The number of hydrogen-bond acceptors (Lipinski definition) is 8. The summed E-state index contributed by atoms with van der Waals surface area (Å²) in [5.41, 5.74) is 5.36. The van der Waals surface area contributed by atoms with E-state index < -0.39 is 32.5 Å². The predicted molar refractivity (Wildman–Crippen MR) is 247 cm³/mol. The van der Waals surface area contributed by atoms with Crippen molar-refractivity contribution in [3.8, 4) is 0 Å². The topological polar surface area (TPSA) is 134 Å². The SMILES string of the molecule is CCCCC/C=C\C/C=C\CCCCCCCCCC(=O)OCC(COP(=O)(O)OCCN)OC(=O)CCCCCCCC/C=C\C/C=C\C/C=C\CCCCCCC. The van der Waals surface area contributed by atoms with E-state index in [1.807, 2.05) is 0 Å². The first-order chi connectivity index (χ1) is 28.8. The van der Waals surface area contributed by atoms with Crippen LogP contribution in [0.4, 0.5) is 0 Å². The minimum Gasteiger partial charge on any atom is -0.462 e. The molecule has 0 fully saturated rings. The lowest BCUT2D eigenvalue weighted by molar-refractivity contribution is -0.161. The number of ether oxygens (including phenoxy) is 2. The summed E-state index contributed by atoms with van der Waals surface area (Å²) in [6.45, 7) is 3.68. The zero-order valence-electron chi connectivity index (χ0n) is 37.7. The lowest BCUT2D eigenvalue weighted by atomic mass is 10.1. The number of nitrogens with two attached hydrogens (primary N) is 1. The highest BCUT2D eigenvalue weighted by Gasteiger charge is 2.26. The highest BCUT2D eigenvalue weighted by Crippen LogP contribution is 2.43. The van der Waals surface area contributed by atoms with Crippen LogP contribution in [0.5, 0.6) is 0 Å². The predicted octanol–water partition coefficient (Wildman–Crippen LogP) is 14.1. The van der Waals surface area contributed by atoms with Crippen LogP contribution in [0.1, 0.15) is 206 Å². The van der Waals surface area contributed by atoms with Crippen LogP contribution in [-0.2, 0) is 32.7 Å². The number of carbonyl (C=O) groups excluding carboxylic acids is 2. The maximum absolute atomic E-state index is 12.6. The zero-order valence-corrected chi connectivity index (χ0v) is 38.6. The van der Waals surface area contributed by atoms with Crippen LogP contribution in [0.25, 0.3) is 0 Å². The van der Waals surface area contributed by atoms with Crippen molar-refractivity contribution in [2.75, 3.05) is 26.4 Å². The van der Waals surface area contributed by atoms with Gasteiger partial charge in [-0.25, -0.2) is 4.57 Å². The molecule has 0 amide bonds. The first kappa shape index (κ1) is 56.7. The molecule has 0 aromatic heterocycles. The van der Waals surface area contributed by atoms with Crippen molar-refractivity contribution in [2.45, 2.75) is 213 Å². The third-order valence-corrected chi connectivity index (χ3v) is 10.9. The number of esters is 2. The van der Waals surface area contributed by atoms with Crippen LogP contribution >= 0.6 is 7.82 Å². The standard InChI is InChI=1S/C49H88NO8P/c1-3-5-7-9-11-13-15-17-19-21-22-23-24-26-28-30-32-34-36-38-40-42-49(52)58-47(46-57-59(53,54)56-44-43-50)45-55-48(51)41-39-37-35-33-31-29-27-25-20-18-16-14-12-10-8-6-4-2/h12,14-15,17-18,20-22,24,26,47H,3-11,13,16,19,23,25,27-46,50H2,1-2H3,(H,53,54)/b14-12-,17-15-,20-18-,22-21-,26-24-. The van der Waals surface area contributed by atoms with E-state index in [1.165, 1.54) is 83.5 Å². The summed E-state index contributed by atoms with van der Waals surface area (Å²) >= 11 is 0. The number of phosphoric acid groups is 1. The Balaban J connectivity index is 4.15. The fourth-order valence-electron chi connectivity index (χ4n) is 6.32. The molecule has 3 N–H and O–H groups in total. The third kappa shape index (κ3) is 45.1. The summed E-state index contributed by atoms with van der Waals surface area (Å²) in [5, 5.41) is 0. The largest absolute Gasteiger partial charge is 0.472 e.